The van der Waals surface area contributed by atoms with Crippen LogP contribution in [0.5, 0.6) is 5.75 Å². The zero-order valence-corrected chi connectivity index (χ0v) is 9.08. The van der Waals surface area contributed by atoms with E-state index >= 15 is 0 Å². The monoisotopic (exact) mass is 248 g/mol. The van der Waals surface area contributed by atoms with Gasteiger partial charge in [0.1, 0.15) is 12.4 Å². The second kappa shape index (κ2) is 6.41. The molecule has 0 bridgehead atoms. The Hall–Kier alpha value is -0.110. The van der Waals surface area contributed by atoms with E-state index in [4.69, 9.17) is 9.26 Å². The Morgan fingerprint density at radius 2 is 1.92 bits per heavy atom. The Bertz CT molecular complexity index is 205. The molecule has 0 aromatic heterocycles. The molecule has 0 radical (unpaired) electrons. The van der Waals surface area contributed by atoms with Crippen LogP contribution < -0.4 is 4.74 Å². The summed E-state index contributed by atoms with van der Waals surface area (Å²) in [5.41, 5.74) is 0. The van der Waals surface area contributed by atoms with Crippen LogP contribution in [0.25, 0.3) is 0 Å². The molecular formula is C8H10BrO2P. The van der Waals surface area contributed by atoms with Crippen LogP contribution in [0.15, 0.2) is 30.3 Å². The van der Waals surface area contributed by atoms with E-state index < -0.39 is 0 Å². The average molecular weight is 249 g/mol. The molecule has 0 aliphatic carbocycles. The zero-order chi connectivity index (χ0) is 8.65. The van der Waals surface area contributed by atoms with Gasteiger partial charge in [0.25, 0.3) is 0 Å². The van der Waals surface area contributed by atoms with E-state index in [1.54, 1.807) is 0 Å². The molecule has 0 aliphatic heterocycles. The number of rotatable bonds is 5. The van der Waals surface area contributed by atoms with Crippen LogP contribution in [0.3, 0.4) is 0 Å². The number of halogens is 1. The highest BCUT2D eigenvalue weighted by atomic mass is 79.9. The van der Waals surface area contributed by atoms with E-state index in [0.717, 1.165) is 5.75 Å². The van der Waals surface area contributed by atoms with Crippen molar-refractivity contribution in [2.24, 2.45) is 0 Å². The van der Waals surface area contributed by atoms with Crippen molar-refractivity contribution in [3.63, 3.8) is 0 Å². The normalized spacial score (nSPS) is 10.8. The first-order valence-electron chi connectivity index (χ1n) is 3.59. The molecule has 4 heteroatoms. The summed E-state index contributed by atoms with van der Waals surface area (Å²) in [5.74, 6) is 0.888. The summed E-state index contributed by atoms with van der Waals surface area (Å²) in [6.07, 6.45) is 0. The maximum Gasteiger partial charge on any atom is 0.119 e. The smallest absolute Gasteiger partial charge is 0.119 e. The molecule has 0 N–H and O–H groups in total. The van der Waals surface area contributed by atoms with E-state index in [-0.39, 0.29) is 0 Å². The summed E-state index contributed by atoms with van der Waals surface area (Å²) >= 11 is 3.19. The Balaban J connectivity index is 2.16. The van der Waals surface area contributed by atoms with Crippen molar-refractivity contribution >= 4 is 23.0 Å². The maximum atomic E-state index is 5.37. The van der Waals surface area contributed by atoms with E-state index in [9.17, 15) is 0 Å². The first-order chi connectivity index (χ1) is 5.93. The molecular weight excluding hydrogens is 239 g/mol. The second-order valence-corrected chi connectivity index (χ2v) is 3.50. The summed E-state index contributed by atoms with van der Waals surface area (Å²) in [6.45, 7) is 1.22. The molecule has 1 unspecified atom stereocenters. The fourth-order valence-electron chi connectivity index (χ4n) is 0.756. The predicted octanol–water partition coefficient (Wildman–Crippen LogP) is 2.99. The van der Waals surface area contributed by atoms with Gasteiger partial charge in [-0.25, -0.2) is 0 Å². The quantitative estimate of drug-likeness (QED) is 0.590. The van der Waals surface area contributed by atoms with Crippen molar-refractivity contribution in [3.8, 4) is 5.75 Å². The van der Waals surface area contributed by atoms with Gasteiger partial charge >= 0.3 is 0 Å². The first-order valence-corrected chi connectivity index (χ1v) is 6.75. The fourth-order valence-corrected chi connectivity index (χ4v) is 1.40. The van der Waals surface area contributed by atoms with Crippen LogP contribution in [-0.2, 0) is 4.52 Å². The van der Waals surface area contributed by atoms with Gasteiger partial charge in [0.15, 0.2) is 0 Å². The molecule has 2 nitrogen and oxygen atoms in total. The fraction of sp³-hybridized carbons (Fsp3) is 0.250. The molecule has 0 aliphatic rings. The molecule has 0 spiro atoms. The predicted molar refractivity (Wildman–Crippen MR) is 55.1 cm³/mol. The van der Waals surface area contributed by atoms with Crippen LogP contribution in [0.1, 0.15) is 0 Å². The van der Waals surface area contributed by atoms with Gasteiger partial charge in [-0.3, -0.25) is 0 Å². The van der Waals surface area contributed by atoms with Gasteiger partial charge in [0, 0.05) is 0 Å². The lowest BCUT2D eigenvalue weighted by atomic mass is 10.3. The summed E-state index contributed by atoms with van der Waals surface area (Å²) in [6, 6.07) is 9.71. The van der Waals surface area contributed by atoms with Crippen LogP contribution in [-0.4, -0.2) is 13.2 Å². The summed E-state index contributed by atoms with van der Waals surface area (Å²) in [7, 11) is 0.358. The third-order valence-electron chi connectivity index (χ3n) is 1.25. The SMILES string of the molecule is BrPOCCOc1ccccc1. The summed E-state index contributed by atoms with van der Waals surface area (Å²) in [5, 5.41) is 0. The molecule has 1 aromatic rings. The molecule has 0 heterocycles. The standard InChI is InChI=1S/C8H10BrO2P/c9-12-11-7-6-10-8-4-2-1-3-5-8/h1-5,12H,6-7H2. The third kappa shape index (κ3) is 4.05. The molecule has 66 valence electrons. The molecule has 0 saturated carbocycles. The van der Waals surface area contributed by atoms with Crippen molar-refractivity contribution in [3.05, 3.63) is 30.3 Å². The van der Waals surface area contributed by atoms with Crippen LogP contribution in [0.4, 0.5) is 0 Å². The van der Waals surface area contributed by atoms with Gasteiger partial charge in [0.05, 0.1) is 14.1 Å². The lowest BCUT2D eigenvalue weighted by Crippen LogP contribution is -2.02. The molecule has 0 saturated heterocycles. The van der Waals surface area contributed by atoms with Gasteiger partial charge in [-0.05, 0) is 27.6 Å². The number of benzene rings is 1. The average Bonchev–Trinajstić information content (AvgIpc) is 2.14. The molecule has 0 fully saturated rings. The maximum absolute atomic E-state index is 5.37. The molecule has 1 rings (SSSR count). The lowest BCUT2D eigenvalue weighted by molar-refractivity contribution is 0.237. The number of ether oxygens (including phenoxy) is 1. The molecule has 1 aromatic carbocycles. The molecule has 12 heavy (non-hydrogen) atoms. The van der Waals surface area contributed by atoms with Gasteiger partial charge in [-0.15, -0.1) is 0 Å². The summed E-state index contributed by atoms with van der Waals surface area (Å²) in [4.78, 5) is 0. The van der Waals surface area contributed by atoms with E-state index in [0.29, 0.717) is 20.7 Å². The van der Waals surface area contributed by atoms with Gasteiger partial charge in [-0.2, -0.15) is 0 Å². The van der Waals surface area contributed by atoms with Crippen molar-refractivity contribution in [1.29, 1.82) is 0 Å². The minimum atomic E-state index is 0.358. The largest absolute Gasteiger partial charge is 0.491 e. The topological polar surface area (TPSA) is 18.5 Å². The zero-order valence-electron chi connectivity index (χ0n) is 6.50. The first kappa shape index (κ1) is 9.97. The third-order valence-corrected chi connectivity index (χ3v) is 2.25. The Kier molecular flexibility index (Phi) is 5.33. The van der Waals surface area contributed by atoms with Gasteiger partial charge in [-0.1, -0.05) is 18.2 Å². The van der Waals surface area contributed by atoms with Gasteiger partial charge in [0.2, 0.25) is 0 Å². The van der Waals surface area contributed by atoms with Crippen molar-refractivity contribution in [2.45, 2.75) is 0 Å². The van der Waals surface area contributed by atoms with Crippen LogP contribution in [0, 0.1) is 0 Å². The minimum Gasteiger partial charge on any atom is -0.491 e. The van der Waals surface area contributed by atoms with E-state index in [1.807, 2.05) is 30.3 Å². The van der Waals surface area contributed by atoms with Crippen LogP contribution >= 0.6 is 23.0 Å². The number of hydrogen-bond acceptors (Lipinski definition) is 2. The van der Waals surface area contributed by atoms with Gasteiger partial charge < -0.3 is 9.26 Å². The van der Waals surface area contributed by atoms with Crippen molar-refractivity contribution < 1.29 is 9.26 Å². The highest BCUT2D eigenvalue weighted by Crippen LogP contribution is 2.20. The Morgan fingerprint density at radius 3 is 2.58 bits per heavy atom. The Morgan fingerprint density at radius 1 is 1.17 bits per heavy atom. The number of para-hydroxylation sites is 1. The van der Waals surface area contributed by atoms with E-state index in [1.165, 1.54) is 0 Å². The highest BCUT2D eigenvalue weighted by molar-refractivity contribution is 9.36. The minimum absolute atomic E-state index is 0.358. The highest BCUT2D eigenvalue weighted by Gasteiger charge is 1.90. The van der Waals surface area contributed by atoms with Crippen molar-refractivity contribution in [1.82, 2.24) is 0 Å². The number of hydrogen-bond donors (Lipinski definition) is 0. The van der Waals surface area contributed by atoms with E-state index in [2.05, 4.69) is 15.5 Å². The lowest BCUT2D eigenvalue weighted by Gasteiger charge is -2.04. The Labute approximate surface area is 81.9 Å². The molecule has 1 atom stereocenters. The summed E-state index contributed by atoms with van der Waals surface area (Å²) < 4.78 is 10.4. The van der Waals surface area contributed by atoms with Crippen molar-refractivity contribution in [2.75, 3.05) is 13.2 Å². The van der Waals surface area contributed by atoms with Crippen LogP contribution in [0.2, 0.25) is 0 Å². The second-order valence-electron chi connectivity index (χ2n) is 2.09. The molecule has 0 amide bonds.